The zero-order chi connectivity index (χ0) is 8.81. The van der Waals surface area contributed by atoms with Gasteiger partial charge >= 0.3 is 0 Å². The molecule has 1 aliphatic carbocycles. The van der Waals surface area contributed by atoms with Crippen LogP contribution in [0.25, 0.3) is 0 Å². The molecular weight excluding hydrogens is 154 g/mol. The van der Waals surface area contributed by atoms with Gasteiger partial charge in [-0.05, 0) is 26.7 Å². The van der Waals surface area contributed by atoms with Crippen molar-refractivity contribution in [2.45, 2.75) is 39.0 Å². The molecule has 0 spiro atoms. The number of hydrogen-bond donors (Lipinski definition) is 1. The van der Waals surface area contributed by atoms with Crippen molar-refractivity contribution in [2.24, 2.45) is 0 Å². The van der Waals surface area contributed by atoms with Gasteiger partial charge in [0.25, 0.3) is 0 Å². The van der Waals surface area contributed by atoms with Crippen molar-refractivity contribution in [3.63, 3.8) is 0 Å². The zero-order valence-electron chi connectivity index (χ0n) is 8.01. The van der Waals surface area contributed by atoms with Crippen LogP contribution in [0.5, 0.6) is 0 Å². The van der Waals surface area contributed by atoms with Crippen LogP contribution in [-0.4, -0.2) is 32.1 Å². The predicted octanol–water partition coefficient (Wildman–Crippen LogP) is 1.14. The fourth-order valence-corrected chi connectivity index (χ4v) is 1.09. The van der Waals surface area contributed by atoms with Crippen molar-refractivity contribution in [3.05, 3.63) is 0 Å². The Bertz CT molecular complexity index is 109. The lowest BCUT2D eigenvalue weighted by molar-refractivity contribution is -0.133. The van der Waals surface area contributed by atoms with Crippen LogP contribution < -0.4 is 5.32 Å². The Hall–Kier alpha value is -0.120. The van der Waals surface area contributed by atoms with Crippen molar-refractivity contribution >= 4 is 0 Å². The molecule has 1 rings (SSSR count). The van der Waals surface area contributed by atoms with Crippen LogP contribution in [-0.2, 0) is 9.47 Å². The monoisotopic (exact) mass is 173 g/mol. The van der Waals surface area contributed by atoms with E-state index in [1.807, 2.05) is 13.8 Å². The average molecular weight is 173 g/mol. The summed E-state index contributed by atoms with van der Waals surface area (Å²) < 4.78 is 10.8. The second-order valence-corrected chi connectivity index (χ2v) is 3.02. The summed E-state index contributed by atoms with van der Waals surface area (Å²) in [4.78, 5) is 0. The summed E-state index contributed by atoms with van der Waals surface area (Å²) in [6.07, 6.45) is 2.57. The van der Waals surface area contributed by atoms with E-state index in [9.17, 15) is 0 Å². The summed E-state index contributed by atoms with van der Waals surface area (Å²) in [6, 6.07) is 0.730. The van der Waals surface area contributed by atoms with Crippen LogP contribution in [0.2, 0.25) is 0 Å². The fraction of sp³-hybridized carbons (Fsp3) is 1.00. The maximum Gasteiger partial charge on any atom is 0.169 e. The highest BCUT2D eigenvalue weighted by Gasteiger charge is 2.21. The molecule has 1 aliphatic rings. The summed E-state index contributed by atoms with van der Waals surface area (Å²) in [5.74, 6) is 0. The van der Waals surface area contributed by atoms with Crippen molar-refractivity contribution in [2.75, 3.05) is 19.8 Å². The molecule has 0 heterocycles. The van der Waals surface area contributed by atoms with E-state index in [-0.39, 0.29) is 6.29 Å². The fourth-order valence-electron chi connectivity index (χ4n) is 1.09. The van der Waals surface area contributed by atoms with Crippen molar-refractivity contribution in [3.8, 4) is 0 Å². The molecule has 3 nitrogen and oxygen atoms in total. The highest BCUT2D eigenvalue weighted by Crippen LogP contribution is 2.18. The van der Waals surface area contributed by atoms with E-state index in [1.165, 1.54) is 12.8 Å². The van der Waals surface area contributed by atoms with Crippen LogP contribution in [0.15, 0.2) is 0 Å². The Morgan fingerprint density at radius 2 is 1.83 bits per heavy atom. The van der Waals surface area contributed by atoms with Crippen molar-refractivity contribution < 1.29 is 9.47 Å². The minimum absolute atomic E-state index is 0.0550. The van der Waals surface area contributed by atoms with Gasteiger partial charge in [-0.2, -0.15) is 0 Å². The van der Waals surface area contributed by atoms with E-state index >= 15 is 0 Å². The van der Waals surface area contributed by atoms with Gasteiger partial charge in [-0.15, -0.1) is 0 Å². The second kappa shape index (κ2) is 5.51. The molecule has 0 aliphatic heterocycles. The van der Waals surface area contributed by atoms with E-state index in [0.29, 0.717) is 0 Å². The predicted molar refractivity (Wildman–Crippen MR) is 48.1 cm³/mol. The summed E-state index contributed by atoms with van der Waals surface area (Å²) in [6.45, 7) is 6.24. The highest BCUT2D eigenvalue weighted by atomic mass is 16.7. The summed E-state index contributed by atoms with van der Waals surface area (Å²) in [5, 5.41) is 3.38. The molecule has 0 aromatic carbocycles. The van der Waals surface area contributed by atoms with E-state index in [2.05, 4.69) is 5.32 Å². The van der Waals surface area contributed by atoms with E-state index in [4.69, 9.17) is 9.47 Å². The minimum Gasteiger partial charge on any atom is -0.352 e. The molecule has 1 saturated carbocycles. The lowest BCUT2D eigenvalue weighted by Crippen LogP contribution is -2.32. The molecule has 72 valence electrons. The number of nitrogens with one attached hydrogen (secondary N) is 1. The number of rotatable bonds is 7. The van der Waals surface area contributed by atoms with Crippen molar-refractivity contribution in [1.82, 2.24) is 5.32 Å². The third-order valence-electron chi connectivity index (χ3n) is 1.86. The molecule has 1 N–H and O–H groups in total. The Morgan fingerprint density at radius 3 is 2.25 bits per heavy atom. The largest absolute Gasteiger partial charge is 0.352 e. The first kappa shape index (κ1) is 9.96. The van der Waals surface area contributed by atoms with Crippen molar-refractivity contribution in [1.29, 1.82) is 0 Å². The lowest BCUT2D eigenvalue weighted by Gasteiger charge is -2.16. The SMILES string of the molecule is CCOC(CNC1CC1)OCC. The van der Waals surface area contributed by atoms with Gasteiger partial charge in [0, 0.05) is 25.8 Å². The van der Waals surface area contributed by atoms with Gasteiger partial charge < -0.3 is 14.8 Å². The van der Waals surface area contributed by atoms with Gasteiger partial charge in [0.05, 0.1) is 0 Å². The minimum atomic E-state index is -0.0550. The summed E-state index contributed by atoms with van der Waals surface area (Å²) in [5.41, 5.74) is 0. The van der Waals surface area contributed by atoms with Crippen LogP contribution in [0, 0.1) is 0 Å². The van der Waals surface area contributed by atoms with Crippen LogP contribution >= 0.6 is 0 Å². The highest BCUT2D eigenvalue weighted by molar-refractivity contribution is 4.80. The molecule has 12 heavy (non-hydrogen) atoms. The summed E-state index contributed by atoms with van der Waals surface area (Å²) in [7, 11) is 0. The van der Waals surface area contributed by atoms with E-state index < -0.39 is 0 Å². The van der Waals surface area contributed by atoms with Crippen LogP contribution in [0.1, 0.15) is 26.7 Å². The third-order valence-corrected chi connectivity index (χ3v) is 1.86. The topological polar surface area (TPSA) is 30.5 Å². The Morgan fingerprint density at radius 1 is 1.25 bits per heavy atom. The molecule has 0 radical (unpaired) electrons. The number of hydrogen-bond acceptors (Lipinski definition) is 3. The maximum atomic E-state index is 5.38. The average Bonchev–Trinajstić information content (AvgIpc) is 2.84. The van der Waals surface area contributed by atoms with E-state index in [0.717, 1.165) is 25.8 Å². The molecule has 1 fully saturated rings. The Kier molecular flexibility index (Phi) is 4.58. The Labute approximate surface area is 74.4 Å². The molecule has 0 unspecified atom stereocenters. The normalized spacial score (nSPS) is 17.2. The van der Waals surface area contributed by atoms with Gasteiger partial charge in [-0.25, -0.2) is 0 Å². The van der Waals surface area contributed by atoms with Gasteiger partial charge in [0.1, 0.15) is 0 Å². The van der Waals surface area contributed by atoms with Gasteiger partial charge in [-0.3, -0.25) is 0 Å². The van der Waals surface area contributed by atoms with Gasteiger partial charge in [-0.1, -0.05) is 0 Å². The molecular formula is C9H19NO2. The smallest absolute Gasteiger partial charge is 0.169 e. The molecule has 3 heteroatoms. The third kappa shape index (κ3) is 4.04. The molecule has 0 saturated heterocycles. The molecule has 0 aromatic heterocycles. The zero-order valence-corrected chi connectivity index (χ0v) is 8.01. The molecule has 0 bridgehead atoms. The molecule has 0 amide bonds. The van der Waals surface area contributed by atoms with Gasteiger partial charge in [0.2, 0.25) is 0 Å². The quantitative estimate of drug-likeness (QED) is 0.586. The number of ether oxygens (including phenoxy) is 2. The first-order chi connectivity index (χ1) is 5.86. The second-order valence-electron chi connectivity index (χ2n) is 3.02. The van der Waals surface area contributed by atoms with Crippen LogP contribution in [0.3, 0.4) is 0 Å². The Balaban J connectivity index is 2.03. The molecule has 0 atom stereocenters. The maximum absolute atomic E-state index is 5.38. The van der Waals surface area contributed by atoms with Crippen LogP contribution in [0.4, 0.5) is 0 Å². The molecule has 0 aromatic rings. The standard InChI is InChI=1S/C9H19NO2/c1-3-11-9(12-4-2)7-10-8-5-6-8/h8-10H,3-7H2,1-2H3. The lowest BCUT2D eigenvalue weighted by atomic mass is 10.5. The summed E-state index contributed by atoms with van der Waals surface area (Å²) >= 11 is 0. The first-order valence-corrected chi connectivity index (χ1v) is 4.83. The van der Waals surface area contributed by atoms with Gasteiger partial charge in [0.15, 0.2) is 6.29 Å². The first-order valence-electron chi connectivity index (χ1n) is 4.83. The van der Waals surface area contributed by atoms with E-state index in [1.54, 1.807) is 0 Å².